The number of carbonyl (C=O) groups is 1. The summed E-state index contributed by atoms with van der Waals surface area (Å²) in [6.45, 7) is 5.26. The standard InChI is InChI=1S/C14H20O5/c1-3-17-9-10-18-11-14(2,19-13(15)16)12-7-5-4-6-8-12/h4-8H,3,9-11H2,1-2H3,(H,15,16). The Balaban J connectivity index is 2.63. The van der Waals surface area contributed by atoms with Crippen molar-refractivity contribution >= 4 is 6.16 Å². The van der Waals surface area contributed by atoms with Gasteiger partial charge in [0.2, 0.25) is 0 Å². The average Bonchev–Trinajstić information content (AvgIpc) is 2.39. The predicted molar refractivity (Wildman–Crippen MR) is 70.2 cm³/mol. The van der Waals surface area contributed by atoms with Crippen molar-refractivity contribution in [2.24, 2.45) is 0 Å². The van der Waals surface area contributed by atoms with Crippen LogP contribution in [0.25, 0.3) is 0 Å². The van der Waals surface area contributed by atoms with Crippen molar-refractivity contribution in [3.8, 4) is 0 Å². The van der Waals surface area contributed by atoms with Gasteiger partial charge >= 0.3 is 6.16 Å². The molecule has 0 fully saturated rings. The molecule has 0 saturated carbocycles. The molecule has 0 aliphatic carbocycles. The molecule has 0 spiro atoms. The molecule has 5 nitrogen and oxygen atoms in total. The number of carboxylic acid groups (broad SMARTS) is 1. The topological polar surface area (TPSA) is 65.0 Å². The molecule has 0 heterocycles. The van der Waals surface area contributed by atoms with Crippen LogP contribution in [0.2, 0.25) is 0 Å². The van der Waals surface area contributed by atoms with Gasteiger partial charge in [0.25, 0.3) is 0 Å². The highest BCUT2D eigenvalue weighted by molar-refractivity contribution is 5.58. The second-order valence-corrected chi connectivity index (χ2v) is 4.21. The lowest BCUT2D eigenvalue weighted by Gasteiger charge is -2.28. The van der Waals surface area contributed by atoms with E-state index >= 15 is 0 Å². The Bertz CT molecular complexity index is 379. The summed E-state index contributed by atoms with van der Waals surface area (Å²) in [5.41, 5.74) is -0.256. The van der Waals surface area contributed by atoms with E-state index in [9.17, 15) is 4.79 Å². The summed E-state index contributed by atoms with van der Waals surface area (Å²) in [7, 11) is 0. The lowest BCUT2D eigenvalue weighted by molar-refractivity contribution is -0.0734. The Kier molecular flexibility index (Phi) is 6.32. The van der Waals surface area contributed by atoms with Crippen LogP contribution in [0.3, 0.4) is 0 Å². The van der Waals surface area contributed by atoms with E-state index < -0.39 is 11.8 Å². The predicted octanol–water partition coefficient (Wildman–Crippen LogP) is 2.65. The Morgan fingerprint density at radius 2 is 1.84 bits per heavy atom. The first-order chi connectivity index (χ1) is 9.08. The second-order valence-electron chi connectivity index (χ2n) is 4.21. The van der Waals surface area contributed by atoms with Gasteiger partial charge in [0.15, 0.2) is 5.60 Å². The van der Waals surface area contributed by atoms with E-state index in [-0.39, 0.29) is 6.61 Å². The molecule has 1 atom stereocenters. The lowest BCUT2D eigenvalue weighted by atomic mass is 9.97. The van der Waals surface area contributed by atoms with Crippen molar-refractivity contribution < 1.29 is 24.1 Å². The van der Waals surface area contributed by atoms with Gasteiger partial charge in [0.1, 0.15) is 0 Å². The molecule has 0 saturated heterocycles. The van der Waals surface area contributed by atoms with Crippen LogP contribution in [0.1, 0.15) is 19.4 Å². The summed E-state index contributed by atoms with van der Waals surface area (Å²) in [5, 5.41) is 8.85. The maximum atomic E-state index is 10.8. The van der Waals surface area contributed by atoms with E-state index in [0.29, 0.717) is 19.8 Å². The van der Waals surface area contributed by atoms with E-state index in [1.54, 1.807) is 6.92 Å². The van der Waals surface area contributed by atoms with Crippen LogP contribution in [-0.4, -0.2) is 37.7 Å². The number of hydrogen-bond donors (Lipinski definition) is 1. The van der Waals surface area contributed by atoms with E-state index in [0.717, 1.165) is 5.56 Å². The van der Waals surface area contributed by atoms with Crippen molar-refractivity contribution in [3.05, 3.63) is 35.9 Å². The van der Waals surface area contributed by atoms with Gasteiger partial charge in [-0.2, -0.15) is 0 Å². The average molecular weight is 268 g/mol. The maximum absolute atomic E-state index is 10.8. The molecule has 1 aromatic rings. The van der Waals surface area contributed by atoms with Gasteiger partial charge in [-0.3, -0.25) is 0 Å². The maximum Gasteiger partial charge on any atom is 0.506 e. The number of benzene rings is 1. The fourth-order valence-corrected chi connectivity index (χ4v) is 1.68. The third kappa shape index (κ3) is 5.28. The highest BCUT2D eigenvalue weighted by atomic mass is 16.7. The molecule has 0 aliphatic heterocycles. The molecule has 1 unspecified atom stereocenters. The van der Waals surface area contributed by atoms with E-state index in [2.05, 4.69) is 0 Å². The van der Waals surface area contributed by atoms with Gasteiger partial charge in [-0.25, -0.2) is 4.79 Å². The molecule has 5 heteroatoms. The van der Waals surface area contributed by atoms with Gasteiger partial charge in [0, 0.05) is 6.61 Å². The van der Waals surface area contributed by atoms with Crippen molar-refractivity contribution in [2.45, 2.75) is 19.4 Å². The highest BCUT2D eigenvalue weighted by Gasteiger charge is 2.31. The van der Waals surface area contributed by atoms with Crippen LogP contribution in [0.4, 0.5) is 4.79 Å². The van der Waals surface area contributed by atoms with Gasteiger partial charge in [-0.1, -0.05) is 30.3 Å². The fourth-order valence-electron chi connectivity index (χ4n) is 1.68. The van der Waals surface area contributed by atoms with Crippen LogP contribution in [-0.2, 0) is 19.8 Å². The summed E-state index contributed by atoms with van der Waals surface area (Å²) >= 11 is 0. The zero-order valence-electron chi connectivity index (χ0n) is 11.3. The van der Waals surface area contributed by atoms with Crippen LogP contribution in [0.15, 0.2) is 30.3 Å². The third-order valence-corrected chi connectivity index (χ3v) is 2.65. The first-order valence-electron chi connectivity index (χ1n) is 6.21. The second kappa shape index (κ2) is 7.76. The molecule has 0 radical (unpaired) electrons. The Hall–Kier alpha value is -1.59. The lowest BCUT2D eigenvalue weighted by Crippen LogP contribution is -2.34. The molecule has 1 N–H and O–H groups in total. The van der Waals surface area contributed by atoms with Crippen molar-refractivity contribution in [1.29, 1.82) is 0 Å². The van der Waals surface area contributed by atoms with E-state index in [1.165, 1.54) is 0 Å². The van der Waals surface area contributed by atoms with Crippen LogP contribution in [0.5, 0.6) is 0 Å². The van der Waals surface area contributed by atoms with Gasteiger partial charge in [0.05, 0.1) is 19.8 Å². The Morgan fingerprint density at radius 3 is 2.42 bits per heavy atom. The van der Waals surface area contributed by atoms with Gasteiger partial charge in [-0.15, -0.1) is 0 Å². The van der Waals surface area contributed by atoms with Gasteiger partial charge < -0.3 is 19.3 Å². The molecule has 1 aromatic carbocycles. The monoisotopic (exact) mass is 268 g/mol. The molecule has 0 aromatic heterocycles. The summed E-state index contributed by atoms with van der Waals surface area (Å²) in [5.74, 6) is 0. The van der Waals surface area contributed by atoms with Crippen LogP contribution < -0.4 is 0 Å². The Labute approximate surface area is 113 Å². The first kappa shape index (κ1) is 15.5. The zero-order chi connectivity index (χ0) is 14.1. The minimum absolute atomic E-state index is 0.149. The largest absolute Gasteiger partial charge is 0.506 e. The van der Waals surface area contributed by atoms with Crippen LogP contribution >= 0.6 is 0 Å². The fraction of sp³-hybridized carbons (Fsp3) is 0.500. The minimum Gasteiger partial charge on any atom is -0.450 e. The molecule has 0 bridgehead atoms. The normalized spacial score (nSPS) is 13.8. The number of ether oxygens (including phenoxy) is 3. The first-order valence-corrected chi connectivity index (χ1v) is 6.21. The van der Waals surface area contributed by atoms with E-state index in [1.807, 2.05) is 37.3 Å². The summed E-state index contributed by atoms with van der Waals surface area (Å²) < 4.78 is 15.6. The SMILES string of the molecule is CCOCCOCC(C)(OC(=O)O)c1ccccc1. The molecule has 0 aliphatic rings. The summed E-state index contributed by atoms with van der Waals surface area (Å²) in [6.07, 6.45) is -1.32. The molecule has 19 heavy (non-hydrogen) atoms. The highest BCUT2D eigenvalue weighted by Crippen LogP contribution is 2.25. The molecular formula is C14H20O5. The summed E-state index contributed by atoms with van der Waals surface area (Å²) in [6, 6.07) is 9.16. The van der Waals surface area contributed by atoms with Crippen molar-refractivity contribution in [3.63, 3.8) is 0 Å². The molecule has 0 amide bonds. The third-order valence-electron chi connectivity index (χ3n) is 2.65. The van der Waals surface area contributed by atoms with Gasteiger partial charge in [-0.05, 0) is 19.4 Å². The quantitative estimate of drug-likeness (QED) is 0.580. The van der Waals surface area contributed by atoms with Crippen LogP contribution in [0, 0.1) is 0 Å². The van der Waals surface area contributed by atoms with E-state index in [4.69, 9.17) is 19.3 Å². The zero-order valence-corrected chi connectivity index (χ0v) is 11.3. The van der Waals surface area contributed by atoms with Crippen molar-refractivity contribution in [1.82, 2.24) is 0 Å². The molecule has 106 valence electrons. The molecular weight excluding hydrogens is 248 g/mol. The number of rotatable bonds is 8. The number of hydrogen-bond acceptors (Lipinski definition) is 4. The molecule has 1 rings (SSSR count). The smallest absolute Gasteiger partial charge is 0.450 e. The van der Waals surface area contributed by atoms with Crippen molar-refractivity contribution in [2.75, 3.05) is 26.4 Å². The minimum atomic E-state index is -1.32. The summed E-state index contributed by atoms with van der Waals surface area (Å²) in [4.78, 5) is 10.8. The Morgan fingerprint density at radius 1 is 1.21 bits per heavy atom.